The molecule has 1 amide bonds. The monoisotopic (exact) mass is 385 g/mol. The van der Waals surface area contributed by atoms with Gasteiger partial charge in [0.2, 0.25) is 0 Å². The first-order chi connectivity index (χ1) is 11.6. The van der Waals surface area contributed by atoms with Gasteiger partial charge >= 0.3 is 0 Å². The van der Waals surface area contributed by atoms with Crippen LogP contribution in [0.5, 0.6) is 11.5 Å². The van der Waals surface area contributed by atoms with Gasteiger partial charge in [0.05, 0.1) is 19.9 Å². The topological polar surface area (TPSA) is 47.6 Å². The van der Waals surface area contributed by atoms with Crippen LogP contribution in [0.1, 0.15) is 10.4 Å². The summed E-state index contributed by atoms with van der Waals surface area (Å²) in [5.41, 5.74) is 1.20. The average molecular weight is 386 g/mol. The van der Waals surface area contributed by atoms with Crippen LogP contribution in [0.4, 0.5) is 5.69 Å². The molecule has 3 rings (SSSR count). The lowest BCUT2D eigenvalue weighted by Gasteiger charge is -2.13. The second-order valence-electron chi connectivity index (χ2n) is 5.16. The van der Waals surface area contributed by atoms with Gasteiger partial charge in [-0.1, -0.05) is 40.2 Å². The first-order valence-electron chi connectivity index (χ1n) is 7.34. The number of carbonyl (C=O) groups is 1. The number of carbonyl (C=O) groups excluding carboxylic acids is 1. The zero-order valence-electron chi connectivity index (χ0n) is 13.3. The fourth-order valence-electron chi connectivity index (χ4n) is 2.56. The molecule has 24 heavy (non-hydrogen) atoms. The Kier molecular flexibility index (Phi) is 4.71. The number of amides is 1. The largest absolute Gasteiger partial charge is 0.497 e. The summed E-state index contributed by atoms with van der Waals surface area (Å²) in [6, 6.07) is 16.7. The number of methoxy groups -OCH3 is 2. The third-order valence-corrected chi connectivity index (χ3v) is 4.46. The van der Waals surface area contributed by atoms with Crippen LogP contribution in [0.25, 0.3) is 10.8 Å². The lowest BCUT2D eigenvalue weighted by atomic mass is 10.0. The van der Waals surface area contributed by atoms with Gasteiger partial charge in [-0.25, -0.2) is 0 Å². The highest BCUT2D eigenvalue weighted by atomic mass is 79.9. The van der Waals surface area contributed by atoms with Crippen LogP contribution in [0.15, 0.2) is 59.1 Å². The molecule has 122 valence electrons. The van der Waals surface area contributed by atoms with Crippen molar-refractivity contribution in [1.82, 2.24) is 0 Å². The van der Waals surface area contributed by atoms with Gasteiger partial charge in [0.15, 0.2) is 0 Å². The Labute approximate surface area is 148 Å². The Hall–Kier alpha value is -2.53. The highest BCUT2D eigenvalue weighted by Gasteiger charge is 2.14. The predicted molar refractivity (Wildman–Crippen MR) is 99.1 cm³/mol. The molecule has 0 fully saturated rings. The highest BCUT2D eigenvalue weighted by Crippen LogP contribution is 2.31. The summed E-state index contributed by atoms with van der Waals surface area (Å²) in [4.78, 5) is 12.7. The van der Waals surface area contributed by atoms with Crippen molar-refractivity contribution in [3.05, 3.63) is 64.6 Å². The summed E-state index contributed by atoms with van der Waals surface area (Å²) < 4.78 is 11.5. The van der Waals surface area contributed by atoms with Crippen molar-refractivity contribution in [3.8, 4) is 11.5 Å². The van der Waals surface area contributed by atoms with E-state index in [1.807, 2.05) is 30.3 Å². The zero-order chi connectivity index (χ0) is 17.1. The molecule has 0 radical (unpaired) electrons. The van der Waals surface area contributed by atoms with Crippen molar-refractivity contribution in [2.75, 3.05) is 19.5 Å². The highest BCUT2D eigenvalue weighted by molar-refractivity contribution is 9.10. The summed E-state index contributed by atoms with van der Waals surface area (Å²) >= 11 is 3.52. The van der Waals surface area contributed by atoms with E-state index in [1.54, 1.807) is 38.5 Å². The Morgan fingerprint density at radius 1 is 0.958 bits per heavy atom. The molecule has 0 saturated carbocycles. The van der Waals surface area contributed by atoms with Crippen LogP contribution in [0.3, 0.4) is 0 Å². The van der Waals surface area contributed by atoms with E-state index in [0.29, 0.717) is 22.7 Å². The van der Waals surface area contributed by atoms with Gasteiger partial charge in [-0.3, -0.25) is 4.79 Å². The molecule has 0 bridgehead atoms. The quantitative estimate of drug-likeness (QED) is 0.696. The van der Waals surface area contributed by atoms with E-state index in [4.69, 9.17) is 9.47 Å². The number of rotatable bonds is 4. The molecule has 5 heteroatoms. The van der Waals surface area contributed by atoms with Gasteiger partial charge in [0.1, 0.15) is 11.5 Å². The Bertz CT molecular complexity index is 908. The smallest absolute Gasteiger partial charge is 0.256 e. The predicted octanol–water partition coefficient (Wildman–Crippen LogP) is 4.87. The average Bonchev–Trinajstić information content (AvgIpc) is 2.62. The van der Waals surface area contributed by atoms with Gasteiger partial charge in [0.25, 0.3) is 5.91 Å². The molecule has 0 aliphatic carbocycles. The van der Waals surface area contributed by atoms with E-state index in [9.17, 15) is 4.79 Å². The van der Waals surface area contributed by atoms with Crippen LogP contribution < -0.4 is 14.8 Å². The summed E-state index contributed by atoms with van der Waals surface area (Å²) in [5, 5.41) is 4.78. The fourth-order valence-corrected chi connectivity index (χ4v) is 3.06. The summed E-state index contributed by atoms with van der Waals surface area (Å²) in [5.74, 6) is 1.02. The number of ether oxygens (including phenoxy) is 2. The Balaban J connectivity index is 1.98. The normalized spacial score (nSPS) is 10.5. The molecule has 0 saturated heterocycles. The number of halogens is 1. The zero-order valence-corrected chi connectivity index (χ0v) is 14.9. The minimum absolute atomic E-state index is 0.192. The lowest BCUT2D eigenvalue weighted by Crippen LogP contribution is -2.13. The summed E-state index contributed by atoms with van der Waals surface area (Å²) in [6.07, 6.45) is 0. The van der Waals surface area contributed by atoms with E-state index in [2.05, 4.69) is 21.2 Å². The third-order valence-electron chi connectivity index (χ3n) is 3.77. The number of fused-ring (bicyclic) bond motifs is 1. The maximum absolute atomic E-state index is 12.7. The first-order valence-corrected chi connectivity index (χ1v) is 8.14. The van der Waals surface area contributed by atoms with Gasteiger partial charge < -0.3 is 14.8 Å². The number of benzene rings is 3. The van der Waals surface area contributed by atoms with Crippen LogP contribution in [-0.4, -0.2) is 20.1 Å². The molecule has 1 N–H and O–H groups in total. The van der Waals surface area contributed by atoms with Crippen molar-refractivity contribution in [1.29, 1.82) is 0 Å². The Morgan fingerprint density at radius 2 is 1.71 bits per heavy atom. The molecule has 0 spiro atoms. The summed E-state index contributed by atoms with van der Waals surface area (Å²) in [7, 11) is 3.14. The van der Waals surface area contributed by atoms with Gasteiger partial charge in [0, 0.05) is 16.1 Å². The lowest BCUT2D eigenvalue weighted by molar-refractivity contribution is 0.102. The van der Waals surface area contributed by atoms with Crippen molar-refractivity contribution < 1.29 is 14.3 Å². The molecule has 0 aliphatic rings. The standard InChI is InChI=1S/C19H16BrNO3/c1-23-12-9-10-17(18(11-12)24-2)21-19(22)15-7-3-6-14-13(15)5-4-8-16(14)20/h3-11H,1-2H3,(H,21,22). The molecule has 0 heterocycles. The van der Waals surface area contributed by atoms with Crippen molar-refractivity contribution in [2.45, 2.75) is 0 Å². The van der Waals surface area contributed by atoms with Crippen molar-refractivity contribution in [3.63, 3.8) is 0 Å². The molecule has 4 nitrogen and oxygen atoms in total. The molecule has 0 aromatic heterocycles. The Morgan fingerprint density at radius 3 is 2.46 bits per heavy atom. The minimum Gasteiger partial charge on any atom is -0.497 e. The van der Waals surface area contributed by atoms with Crippen molar-refractivity contribution in [2.24, 2.45) is 0 Å². The second-order valence-corrected chi connectivity index (χ2v) is 6.02. The molecule has 0 unspecified atom stereocenters. The van der Waals surface area contributed by atoms with Crippen molar-refractivity contribution >= 4 is 38.3 Å². The number of hydrogen-bond donors (Lipinski definition) is 1. The maximum atomic E-state index is 12.7. The number of anilines is 1. The van der Waals surface area contributed by atoms with Crippen LogP contribution in [0, 0.1) is 0 Å². The van der Waals surface area contributed by atoms with Crippen LogP contribution in [0.2, 0.25) is 0 Å². The summed E-state index contributed by atoms with van der Waals surface area (Å²) in [6.45, 7) is 0. The van der Waals surface area contributed by atoms with E-state index >= 15 is 0 Å². The fraction of sp³-hybridized carbons (Fsp3) is 0.105. The van der Waals surface area contributed by atoms with E-state index in [0.717, 1.165) is 15.2 Å². The third kappa shape index (κ3) is 3.08. The second kappa shape index (κ2) is 6.93. The molecular formula is C19H16BrNO3. The number of nitrogens with one attached hydrogen (secondary N) is 1. The number of hydrogen-bond acceptors (Lipinski definition) is 3. The van der Waals surface area contributed by atoms with Crippen LogP contribution in [-0.2, 0) is 0 Å². The molecule has 3 aromatic rings. The first kappa shape index (κ1) is 16.3. The van der Waals surface area contributed by atoms with E-state index in [1.165, 1.54) is 0 Å². The molecule has 0 atom stereocenters. The van der Waals surface area contributed by atoms with Gasteiger partial charge in [-0.2, -0.15) is 0 Å². The molecule has 0 aliphatic heterocycles. The SMILES string of the molecule is COc1ccc(NC(=O)c2cccc3c(Br)cccc23)c(OC)c1. The molecular weight excluding hydrogens is 370 g/mol. The minimum atomic E-state index is -0.192. The molecule has 3 aromatic carbocycles. The van der Waals surface area contributed by atoms with Gasteiger partial charge in [-0.15, -0.1) is 0 Å². The van der Waals surface area contributed by atoms with E-state index < -0.39 is 0 Å². The van der Waals surface area contributed by atoms with Crippen LogP contribution >= 0.6 is 15.9 Å². The maximum Gasteiger partial charge on any atom is 0.256 e. The van der Waals surface area contributed by atoms with E-state index in [-0.39, 0.29) is 5.91 Å². The van der Waals surface area contributed by atoms with Gasteiger partial charge in [-0.05, 0) is 35.0 Å².